The predicted octanol–water partition coefficient (Wildman–Crippen LogP) is 4.18. The Hall–Kier alpha value is -2.11. The third-order valence-electron chi connectivity index (χ3n) is 3.66. The van der Waals surface area contributed by atoms with E-state index in [0.717, 1.165) is 36.0 Å². The van der Waals surface area contributed by atoms with Gasteiger partial charge < -0.3 is 10.2 Å². The lowest BCUT2D eigenvalue weighted by Crippen LogP contribution is -2.31. The summed E-state index contributed by atoms with van der Waals surface area (Å²) in [7, 11) is 0. The quantitative estimate of drug-likeness (QED) is 0.641. The first-order chi connectivity index (χ1) is 11.6. The molecule has 0 atom stereocenters. The van der Waals surface area contributed by atoms with Gasteiger partial charge in [-0.3, -0.25) is 4.99 Å². The van der Waals surface area contributed by atoms with Crippen LogP contribution in [0.3, 0.4) is 0 Å². The number of aliphatic imine (C=N–C) groups is 2. The molecule has 5 nitrogen and oxygen atoms in total. The average molecular weight is 362 g/mol. The smallest absolute Gasteiger partial charge is 0.156 e. The molecule has 0 fully saturated rings. The standard InChI is InChI=1S/C17H17Cl2N5/c1-12-4-3-7-21-17(12)23-11-24-9-8-20-15(24)10-22-14-6-2-5-13(18)16(14)19/h2-7,11,22H,8-10H2,1H3/b23-11-. The summed E-state index contributed by atoms with van der Waals surface area (Å²) in [6.45, 7) is 4.08. The van der Waals surface area contributed by atoms with Crippen LogP contribution in [0.25, 0.3) is 0 Å². The van der Waals surface area contributed by atoms with Crippen molar-refractivity contribution in [2.75, 3.05) is 25.0 Å². The van der Waals surface area contributed by atoms with Crippen molar-refractivity contribution >= 4 is 46.9 Å². The fourth-order valence-corrected chi connectivity index (χ4v) is 2.71. The van der Waals surface area contributed by atoms with Gasteiger partial charge in [-0.05, 0) is 30.7 Å². The van der Waals surface area contributed by atoms with Crippen LogP contribution in [0.4, 0.5) is 11.5 Å². The van der Waals surface area contributed by atoms with E-state index in [0.29, 0.717) is 16.6 Å². The number of aromatic nitrogens is 1. The number of aryl methyl sites for hydroxylation is 1. The first-order valence-corrected chi connectivity index (χ1v) is 8.34. The fraction of sp³-hybridized carbons (Fsp3) is 0.235. The molecular weight excluding hydrogens is 345 g/mol. The average Bonchev–Trinajstić information content (AvgIpc) is 3.03. The molecule has 1 N–H and O–H groups in total. The van der Waals surface area contributed by atoms with Crippen molar-refractivity contribution in [3.8, 4) is 0 Å². The molecule has 0 bridgehead atoms. The summed E-state index contributed by atoms with van der Waals surface area (Å²) in [5, 5.41) is 4.31. The molecule has 2 aromatic rings. The van der Waals surface area contributed by atoms with Crippen LogP contribution in [-0.2, 0) is 0 Å². The van der Waals surface area contributed by atoms with E-state index in [1.54, 1.807) is 18.6 Å². The molecule has 0 spiro atoms. The van der Waals surface area contributed by atoms with Crippen molar-refractivity contribution in [1.29, 1.82) is 0 Å². The zero-order valence-electron chi connectivity index (χ0n) is 13.2. The van der Waals surface area contributed by atoms with Gasteiger partial charge in [0.2, 0.25) is 0 Å². The number of nitrogens with zero attached hydrogens (tertiary/aromatic N) is 4. The topological polar surface area (TPSA) is 52.9 Å². The Morgan fingerprint density at radius 3 is 3.00 bits per heavy atom. The number of rotatable bonds is 5. The van der Waals surface area contributed by atoms with Gasteiger partial charge in [0.05, 0.1) is 35.2 Å². The third kappa shape index (κ3) is 3.86. The van der Waals surface area contributed by atoms with Gasteiger partial charge in [0.1, 0.15) is 5.84 Å². The van der Waals surface area contributed by atoms with Crippen LogP contribution in [0, 0.1) is 6.92 Å². The molecule has 1 aliphatic heterocycles. The summed E-state index contributed by atoms with van der Waals surface area (Å²) in [4.78, 5) is 15.3. The van der Waals surface area contributed by atoms with Crippen LogP contribution < -0.4 is 5.32 Å². The first kappa shape index (κ1) is 16.7. The number of hydrogen-bond donors (Lipinski definition) is 1. The molecule has 0 saturated carbocycles. The van der Waals surface area contributed by atoms with E-state index >= 15 is 0 Å². The molecule has 1 aromatic heterocycles. The number of halogens is 2. The molecule has 0 aliphatic carbocycles. The van der Waals surface area contributed by atoms with E-state index < -0.39 is 0 Å². The van der Waals surface area contributed by atoms with Crippen molar-refractivity contribution in [2.45, 2.75) is 6.92 Å². The highest BCUT2D eigenvalue weighted by atomic mass is 35.5. The Kier molecular flexibility index (Phi) is 5.33. The monoisotopic (exact) mass is 361 g/mol. The second-order valence-corrected chi connectivity index (χ2v) is 6.12. The number of pyridine rings is 1. The molecule has 1 aliphatic rings. The summed E-state index contributed by atoms with van der Waals surface area (Å²) in [5.41, 5.74) is 1.83. The molecule has 0 radical (unpaired) electrons. The normalized spacial score (nSPS) is 14.3. The Labute approximate surface area is 151 Å². The van der Waals surface area contributed by atoms with E-state index in [1.807, 2.05) is 36.1 Å². The van der Waals surface area contributed by atoms with Crippen LogP contribution in [0.5, 0.6) is 0 Å². The predicted molar refractivity (Wildman–Crippen MR) is 101 cm³/mol. The van der Waals surface area contributed by atoms with E-state index in [-0.39, 0.29) is 0 Å². The second kappa shape index (κ2) is 7.64. The second-order valence-electron chi connectivity index (χ2n) is 5.33. The first-order valence-electron chi connectivity index (χ1n) is 7.59. The molecule has 7 heteroatoms. The number of anilines is 1. The Morgan fingerprint density at radius 2 is 2.17 bits per heavy atom. The highest BCUT2D eigenvalue weighted by Gasteiger charge is 2.15. The van der Waals surface area contributed by atoms with Gasteiger partial charge in [0, 0.05) is 12.7 Å². The van der Waals surface area contributed by atoms with Gasteiger partial charge >= 0.3 is 0 Å². The summed E-state index contributed by atoms with van der Waals surface area (Å²) < 4.78 is 0. The number of benzene rings is 1. The third-order valence-corrected chi connectivity index (χ3v) is 4.48. The number of amidine groups is 1. The SMILES string of the molecule is Cc1cccnc1/N=C\N1CCN=C1CNc1cccc(Cl)c1Cl. The molecule has 0 unspecified atom stereocenters. The molecule has 2 heterocycles. The Bertz CT molecular complexity index is 788. The van der Waals surface area contributed by atoms with Gasteiger partial charge in [-0.15, -0.1) is 0 Å². The van der Waals surface area contributed by atoms with Crippen LogP contribution in [0.2, 0.25) is 10.0 Å². The van der Waals surface area contributed by atoms with Crippen LogP contribution in [-0.4, -0.2) is 41.7 Å². The van der Waals surface area contributed by atoms with E-state index in [1.165, 1.54) is 0 Å². The van der Waals surface area contributed by atoms with Gasteiger partial charge in [-0.2, -0.15) is 0 Å². The zero-order chi connectivity index (χ0) is 16.9. The van der Waals surface area contributed by atoms with E-state index in [2.05, 4.69) is 20.3 Å². The fourth-order valence-electron chi connectivity index (χ4n) is 2.34. The van der Waals surface area contributed by atoms with Crippen LogP contribution >= 0.6 is 23.2 Å². The Morgan fingerprint density at radius 1 is 1.29 bits per heavy atom. The lowest BCUT2D eigenvalue weighted by Gasteiger charge is -2.16. The molecule has 0 saturated heterocycles. The maximum Gasteiger partial charge on any atom is 0.156 e. The minimum atomic E-state index is 0.516. The largest absolute Gasteiger partial charge is 0.377 e. The maximum atomic E-state index is 6.19. The molecule has 3 rings (SSSR count). The van der Waals surface area contributed by atoms with Crippen molar-refractivity contribution < 1.29 is 0 Å². The van der Waals surface area contributed by atoms with E-state index in [4.69, 9.17) is 23.2 Å². The van der Waals surface area contributed by atoms with Crippen LogP contribution in [0.15, 0.2) is 46.5 Å². The van der Waals surface area contributed by atoms with Gasteiger partial charge in [0.15, 0.2) is 5.82 Å². The van der Waals surface area contributed by atoms with Crippen molar-refractivity contribution in [3.05, 3.63) is 52.1 Å². The number of nitrogens with one attached hydrogen (secondary N) is 1. The van der Waals surface area contributed by atoms with Gasteiger partial charge in [-0.25, -0.2) is 9.98 Å². The van der Waals surface area contributed by atoms with Crippen molar-refractivity contribution in [2.24, 2.45) is 9.98 Å². The highest BCUT2D eigenvalue weighted by Crippen LogP contribution is 2.29. The van der Waals surface area contributed by atoms with Gasteiger partial charge in [-0.1, -0.05) is 35.3 Å². The van der Waals surface area contributed by atoms with Crippen LogP contribution in [0.1, 0.15) is 5.56 Å². The maximum absolute atomic E-state index is 6.19. The molecule has 24 heavy (non-hydrogen) atoms. The molecule has 0 amide bonds. The molecule has 1 aromatic carbocycles. The van der Waals surface area contributed by atoms with Gasteiger partial charge in [0.25, 0.3) is 0 Å². The summed E-state index contributed by atoms with van der Waals surface area (Å²) in [6.07, 6.45) is 3.52. The van der Waals surface area contributed by atoms with E-state index in [9.17, 15) is 0 Å². The lowest BCUT2D eigenvalue weighted by atomic mass is 10.3. The minimum Gasteiger partial charge on any atom is -0.377 e. The molecular formula is C17H17Cl2N5. The van der Waals surface area contributed by atoms with Crippen molar-refractivity contribution in [1.82, 2.24) is 9.88 Å². The summed E-state index contributed by atoms with van der Waals surface area (Å²) >= 11 is 12.2. The lowest BCUT2D eigenvalue weighted by molar-refractivity contribution is 0.677. The summed E-state index contributed by atoms with van der Waals surface area (Å²) in [6, 6.07) is 9.39. The minimum absolute atomic E-state index is 0.516. The Balaban J connectivity index is 1.66. The number of hydrogen-bond acceptors (Lipinski definition) is 4. The molecule has 124 valence electrons. The van der Waals surface area contributed by atoms with Crippen molar-refractivity contribution in [3.63, 3.8) is 0 Å². The summed E-state index contributed by atoms with van der Waals surface area (Å²) in [5.74, 6) is 1.62. The zero-order valence-corrected chi connectivity index (χ0v) is 14.7. The highest BCUT2D eigenvalue weighted by molar-refractivity contribution is 6.43.